The van der Waals surface area contributed by atoms with Gasteiger partial charge in [-0.25, -0.2) is 0 Å². The van der Waals surface area contributed by atoms with Gasteiger partial charge < -0.3 is 10.2 Å². The first-order chi connectivity index (χ1) is 6.22. The van der Waals surface area contributed by atoms with Crippen molar-refractivity contribution in [3.05, 3.63) is 18.2 Å². The Labute approximate surface area is 83.8 Å². The average Bonchev–Trinajstić information content (AvgIpc) is 2.48. The van der Waals surface area contributed by atoms with Crippen molar-refractivity contribution in [2.75, 3.05) is 6.26 Å². The molecule has 0 amide bonds. The van der Waals surface area contributed by atoms with Crippen LogP contribution in [0.15, 0.2) is 23.1 Å². The first kappa shape index (κ1) is 8.72. The van der Waals surface area contributed by atoms with Gasteiger partial charge in [-0.15, -0.1) is 11.8 Å². The minimum absolute atomic E-state index is 0.226. The van der Waals surface area contributed by atoms with Crippen LogP contribution in [-0.2, 0) is 0 Å². The van der Waals surface area contributed by atoms with Gasteiger partial charge in [0.15, 0.2) is 5.06 Å². The van der Waals surface area contributed by atoms with E-state index < -0.39 is 0 Å². The summed E-state index contributed by atoms with van der Waals surface area (Å²) in [5.41, 5.74) is 0. The number of aromatic hydroxyl groups is 2. The summed E-state index contributed by atoms with van der Waals surface area (Å²) in [6.07, 6.45) is 1.97. The van der Waals surface area contributed by atoms with Gasteiger partial charge in [-0.2, -0.15) is 0 Å². The molecule has 2 N–H and O–H groups in total. The molecule has 1 aromatic heterocycles. The Bertz CT molecular complexity index is 448. The highest BCUT2D eigenvalue weighted by atomic mass is 32.2. The van der Waals surface area contributed by atoms with Crippen molar-refractivity contribution in [1.82, 2.24) is 0 Å². The quantitative estimate of drug-likeness (QED) is 0.714. The van der Waals surface area contributed by atoms with Gasteiger partial charge in [0, 0.05) is 16.3 Å². The maximum Gasteiger partial charge on any atom is 0.172 e. The lowest BCUT2D eigenvalue weighted by atomic mass is 10.2. The Morgan fingerprint density at radius 3 is 2.77 bits per heavy atom. The highest BCUT2D eigenvalue weighted by Crippen LogP contribution is 2.40. The van der Waals surface area contributed by atoms with E-state index in [4.69, 9.17) is 0 Å². The summed E-state index contributed by atoms with van der Waals surface area (Å²) in [6.45, 7) is 0. The molecule has 0 radical (unpaired) electrons. The molecule has 1 heterocycles. The average molecular weight is 212 g/mol. The number of phenols is 1. The van der Waals surface area contributed by atoms with Crippen molar-refractivity contribution in [2.24, 2.45) is 0 Å². The molecule has 2 nitrogen and oxygen atoms in total. The highest BCUT2D eigenvalue weighted by molar-refractivity contribution is 7.99. The van der Waals surface area contributed by atoms with Crippen molar-refractivity contribution < 1.29 is 10.2 Å². The molecular formula is C9H8O2S2. The fourth-order valence-electron chi connectivity index (χ4n) is 1.23. The van der Waals surface area contributed by atoms with E-state index in [1.807, 2.05) is 12.3 Å². The van der Waals surface area contributed by atoms with E-state index in [1.54, 1.807) is 23.9 Å². The largest absolute Gasteiger partial charge is 0.507 e. The highest BCUT2D eigenvalue weighted by Gasteiger charge is 2.08. The van der Waals surface area contributed by atoms with Gasteiger partial charge in [-0.05, 0) is 18.4 Å². The lowest BCUT2D eigenvalue weighted by Gasteiger charge is -1.99. The van der Waals surface area contributed by atoms with Crippen LogP contribution in [0.2, 0.25) is 0 Å². The second-order valence-corrected chi connectivity index (χ2v) is 4.49. The second-order valence-electron chi connectivity index (χ2n) is 2.61. The van der Waals surface area contributed by atoms with Crippen LogP contribution in [0.4, 0.5) is 0 Å². The van der Waals surface area contributed by atoms with Crippen LogP contribution < -0.4 is 0 Å². The Morgan fingerprint density at radius 1 is 1.31 bits per heavy atom. The van der Waals surface area contributed by atoms with E-state index in [9.17, 15) is 10.2 Å². The van der Waals surface area contributed by atoms with Gasteiger partial charge in [0.1, 0.15) is 5.75 Å². The molecule has 1 aromatic carbocycles. The molecule has 0 aliphatic heterocycles. The summed E-state index contributed by atoms with van der Waals surface area (Å²) in [7, 11) is 0. The molecule has 0 saturated heterocycles. The first-order valence-corrected chi connectivity index (χ1v) is 5.75. The summed E-state index contributed by atoms with van der Waals surface area (Å²) in [5.74, 6) is 0.226. The lowest BCUT2D eigenvalue weighted by molar-refractivity contribution is 0.479. The molecule has 2 aromatic rings. The van der Waals surface area contributed by atoms with Crippen molar-refractivity contribution in [3.8, 4) is 10.8 Å². The molecule has 0 unspecified atom stereocenters. The summed E-state index contributed by atoms with van der Waals surface area (Å²) < 4.78 is 0.949. The zero-order chi connectivity index (χ0) is 9.42. The van der Waals surface area contributed by atoms with Crippen molar-refractivity contribution in [3.63, 3.8) is 0 Å². The fourth-order valence-corrected chi connectivity index (χ4v) is 2.93. The third kappa shape index (κ3) is 1.36. The minimum atomic E-state index is 0.226. The smallest absolute Gasteiger partial charge is 0.172 e. The number of thiophene rings is 1. The predicted octanol–water partition coefficient (Wildman–Crippen LogP) is 3.03. The topological polar surface area (TPSA) is 40.5 Å². The maximum absolute atomic E-state index is 9.49. The van der Waals surface area contributed by atoms with Crippen LogP contribution in [0.25, 0.3) is 10.1 Å². The molecule has 0 saturated carbocycles. The monoisotopic (exact) mass is 212 g/mol. The number of hydrogen-bond acceptors (Lipinski definition) is 4. The molecule has 0 atom stereocenters. The van der Waals surface area contributed by atoms with Gasteiger partial charge in [0.2, 0.25) is 0 Å². The molecule has 68 valence electrons. The van der Waals surface area contributed by atoms with E-state index in [-0.39, 0.29) is 10.8 Å². The zero-order valence-corrected chi connectivity index (χ0v) is 8.58. The maximum atomic E-state index is 9.49. The van der Waals surface area contributed by atoms with Gasteiger partial charge in [-0.1, -0.05) is 11.3 Å². The molecule has 13 heavy (non-hydrogen) atoms. The Kier molecular flexibility index (Phi) is 2.09. The van der Waals surface area contributed by atoms with Crippen LogP contribution in [-0.4, -0.2) is 16.5 Å². The molecule has 0 fully saturated rings. The van der Waals surface area contributed by atoms with E-state index in [0.29, 0.717) is 0 Å². The van der Waals surface area contributed by atoms with Crippen molar-refractivity contribution in [2.45, 2.75) is 4.90 Å². The van der Waals surface area contributed by atoms with Crippen LogP contribution in [0, 0.1) is 0 Å². The summed E-state index contributed by atoms with van der Waals surface area (Å²) in [5, 5.41) is 19.8. The third-order valence-electron chi connectivity index (χ3n) is 1.83. The van der Waals surface area contributed by atoms with Crippen LogP contribution >= 0.6 is 23.1 Å². The van der Waals surface area contributed by atoms with E-state index >= 15 is 0 Å². The third-order valence-corrected chi connectivity index (χ3v) is 3.71. The summed E-state index contributed by atoms with van der Waals surface area (Å²) in [6, 6.07) is 5.10. The van der Waals surface area contributed by atoms with E-state index in [0.717, 1.165) is 15.0 Å². The van der Waals surface area contributed by atoms with Gasteiger partial charge in [-0.3, -0.25) is 0 Å². The SMILES string of the molecule is CSc1ccc(O)c2cc(O)sc12. The Hall–Kier alpha value is -0.870. The fraction of sp³-hybridized carbons (Fsp3) is 0.111. The van der Waals surface area contributed by atoms with E-state index in [1.165, 1.54) is 11.3 Å². The van der Waals surface area contributed by atoms with Crippen LogP contribution in [0.1, 0.15) is 0 Å². The summed E-state index contributed by atoms with van der Waals surface area (Å²) in [4.78, 5) is 1.08. The molecule has 0 spiro atoms. The standard InChI is InChI=1S/C9H8O2S2/c1-12-7-3-2-6(10)5-4-8(11)13-9(5)7/h2-4,10-11H,1H3. The van der Waals surface area contributed by atoms with Gasteiger partial charge >= 0.3 is 0 Å². The van der Waals surface area contributed by atoms with Crippen LogP contribution in [0.3, 0.4) is 0 Å². The first-order valence-electron chi connectivity index (χ1n) is 3.71. The summed E-state index contributed by atoms with van der Waals surface area (Å²) >= 11 is 2.90. The molecule has 0 aliphatic carbocycles. The van der Waals surface area contributed by atoms with Crippen molar-refractivity contribution in [1.29, 1.82) is 0 Å². The Morgan fingerprint density at radius 2 is 2.08 bits per heavy atom. The molecule has 2 rings (SSSR count). The number of thioether (sulfide) groups is 1. The Balaban J connectivity index is 2.83. The number of hydrogen-bond donors (Lipinski definition) is 2. The number of rotatable bonds is 1. The molecular weight excluding hydrogens is 204 g/mol. The predicted molar refractivity (Wildman–Crippen MR) is 56.9 cm³/mol. The van der Waals surface area contributed by atoms with Crippen molar-refractivity contribution >= 4 is 33.2 Å². The molecule has 0 bridgehead atoms. The number of fused-ring (bicyclic) bond motifs is 1. The number of benzene rings is 1. The van der Waals surface area contributed by atoms with Crippen LogP contribution in [0.5, 0.6) is 10.8 Å². The van der Waals surface area contributed by atoms with Gasteiger partial charge in [0.05, 0.1) is 4.70 Å². The molecule has 4 heteroatoms. The molecule has 0 aliphatic rings. The number of phenolic OH excluding ortho intramolecular Hbond substituents is 1. The minimum Gasteiger partial charge on any atom is -0.507 e. The lowest BCUT2D eigenvalue weighted by Crippen LogP contribution is -1.70. The normalized spacial score (nSPS) is 10.8. The van der Waals surface area contributed by atoms with E-state index in [2.05, 4.69) is 0 Å². The van der Waals surface area contributed by atoms with Gasteiger partial charge in [0.25, 0.3) is 0 Å². The second kappa shape index (κ2) is 3.12. The zero-order valence-electron chi connectivity index (χ0n) is 6.94.